The van der Waals surface area contributed by atoms with Crippen molar-refractivity contribution in [3.8, 4) is 0 Å². The van der Waals surface area contributed by atoms with Crippen molar-refractivity contribution < 1.29 is 4.89 Å². The lowest BCUT2D eigenvalue weighted by atomic mass is 11.1. The Morgan fingerprint density at radius 3 is 2.33 bits per heavy atom. The number of rotatable bonds is 0. The molecule has 1 heterocycles. The molecule has 2 N–H and O–H groups in total. The molecule has 0 saturated heterocycles. The van der Waals surface area contributed by atoms with E-state index in [4.69, 9.17) is 5.73 Å². The van der Waals surface area contributed by atoms with Crippen LogP contribution in [0.2, 0.25) is 0 Å². The van der Waals surface area contributed by atoms with Gasteiger partial charge in [-0.15, -0.1) is 0 Å². The van der Waals surface area contributed by atoms with Crippen molar-refractivity contribution in [1.29, 1.82) is 0 Å². The zero-order valence-corrected chi connectivity index (χ0v) is 3.72. The van der Waals surface area contributed by atoms with Crippen molar-refractivity contribution in [2.75, 3.05) is 0 Å². The van der Waals surface area contributed by atoms with Crippen LogP contribution in [0, 0.1) is 0 Å². The van der Waals surface area contributed by atoms with Crippen LogP contribution < -0.4 is 10.6 Å². The Hall–Kier alpha value is -0.470. The van der Waals surface area contributed by atoms with Gasteiger partial charge >= 0.3 is 14.1 Å². The van der Waals surface area contributed by atoms with E-state index in [-0.39, 0.29) is 5.96 Å². The van der Waals surface area contributed by atoms with Gasteiger partial charge < -0.3 is 10.6 Å². The molecule has 6 heavy (non-hydrogen) atoms. The summed E-state index contributed by atoms with van der Waals surface area (Å²) in [6, 6.07) is 0. The maximum atomic E-state index is 9.82. The summed E-state index contributed by atoms with van der Waals surface area (Å²) in [7, 11) is -1.62. The summed E-state index contributed by atoms with van der Waals surface area (Å²) >= 11 is 0. The molecule has 5 heteroatoms. The fraction of sp³-hybridized carbons (Fsp3) is 0. The van der Waals surface area contributed by atoms with Gasteiger partial charge in [-0.05, 0) is 9.51 Å². The highest BCUT2D eigenvalue weighted by molar-refractivity contribution is 7.40. The van der Waals surface area contributed by atoms with Gasteiger partial charge in [0.2, 0.25) is 0 Å². The first-order valence-corrected chi connectivity index (χ1v) is 2.48. The Balaban J connectivity index is 2.57. The summed E-state index contributed by atoms with van der Waals surface area (Å²) < 4.78 is 6.52. The van der Waals surface area contributed by atoms with Gasteiger partial charge in [0.15, 0.2) is 0 Å². The maximum absolute atomic E-state index is 9.82. The van der Waals surface area contributed by atoms with Gasteiger partial charge in [0, 0.05) is 0 Å². The van der Waals surface area contributed by atoms with Crippen molar-refractivity contribution in [3.63, 3.8) is 0 Å². The number of hydrogen-bond acceptors (Lipinski definition) is 4. The number of guanidine groups is 1. The predicted octanol–water partition coefficient (Wildman–Crippen LogP) is -0.830. The van der Waals surface area contributed by atoms with Gasteiger partial charge in [0.05, 0.1) is 0 Å². The van der Waals surface area contributed by atoms with Crippen LogP contribution >= 0.6 is 8.09 Å². The Bertz CT molecular complexity index is 105. The topological polar surface area (TPSA) is 73.8 Å². The van der Waals surface area contributed by atoms with Crippen molar-refractivity contribution in [2.45, 2.75) is 0 Å². The summed E-state index contributed by atoms with van der Waals surface area (Å²) in [4.78, 5) is 9.82. The third-order valence-electron chi connectivity index (χ3n) is 0.376. The summed E-state index contributed by atoms with van der Waals surface area (Å²) in [5.41, 5.74) is 4.87. The van der Waals surface area contributed by atoms with Crippen molar-refractivity contribution >= 4 is 14.1 Å². The molecule has 0 aromatic carbocycles. The quantitative estimate of drug-likeness (QED) is 0.406. The van der Waals surface area contributed by atoms with E-state index < -0.39 is 8.09 Å². The molecule has 1 atom stereocenters. The molecule has 0 fully saturated rings. The minimum absolute atomic E-state index is 0.149. The molecule has 1 aliphatic rings. The van der Waals surface area contributed by atoms with Gasteiger partial charge in [-0.25, -0.2) is 0 Å². The third kappa shape index (κ3) is 0.398. The Kier molecular flexibility index (Phi) is 0.616. The molecular formula is CH2N3OP. The van der Waals surface area contributed by atoms with E-state index in [1.54, 1.807) is 0 Å². The highest BCUT2D eigenvalue weighted by atomic mass is 31.1. The second kappa shape index (κ2) is 0.996. The van der Waals surface area contributed by atoms with Crippen LogP contribution in [0.4, 0.5) is 0 Å². The van der Waals surface area contributed by atoms with Crippen LogP contribution in [-0.4, -0.2) is 5.96 Å². The zero-order chi connectivity index (χ0) is 4.57. The molecule has 0 bridgehead atoms. The minimum atomic E-state index is -1.62. The maximum Gasteiger partial charge on any atom is 0.331 e. The zero-order valence-electron chi connectivity index (χ0n) is 2.83. The SMILES string of the molecule is NC1=N[P+]([O-])=N1. The molecule has 0 aromatic heterocycles. The largest absolute Gasteiger partial charge is 0.588 e. The molecule has 4 nitrogen and oxygen atoms in total. The molecule has 0 aliphatic carbocycles. The molecule has 0 radical (unpaired) electrons. The van der Waals surface area contributed by atoms with Crippen LogP contribution in [-0.2, 0) is 0 Å². The highest BCUT2D eigenvalue weighted by Gasteiger charge is 2.10. The average molecular weight is 103 g/mol. The van der Waals surface area contributed by atoms with Crippen LogP contribution in [0.25, 0.3) is 0 Å². The highest BCUT2D eigenvalue weighted by Crippen LogP contribution is 2.22. The third-order valence-corrected chi connectivity index (χ3v) is 1.13. The molecular weight excluding hydrogens is 101 g/mol. The number of hydrogen-bond donors (Lipinski definition) is 1. The Morgan fingerprint density at radius 2 is 2.33 bits per heavy atom. The normalized spacial score (nSPS) is 24.2. The monoisotopic (exact) mass is 103 g/mol. The predicted molar refractivity (Wildman–Crippen MR) is 21.0 cm³/mol. The van der Waals surface area contributed by atoms with Crippen molar-refractivity contribution in [3.05, 3.63) is 0 Å². The summed E-state index contributed by atoms with van der Waals surface area (Å²) in [5, 5.41) is 0. The molecule has 0 saturated carbocycles. The van der Waals surface area contributed by atoms with Crippen molar-refractivity contribution in [1.82, 2.24) is 0 Å². The lowest BCUT2D eigenvalue weighted by Gasteiger charge is -1.91. The molecule has 32 valence electrons. The van der Waals surface area contributed by atoms with Gasteiger partial charge in [0.1, 0.15) is 0 Å². The summed E-state index contributed by atoms with van der Waals surface area (Å²) in [5.74, 6) is 0.149. The van der Waals surface area contributed by atoms with E-state index in [9.17, 15) is 4.89 Å². The first-order valence-electron chi connectivity index (χ1n) is 1.32. The van der Waals surface area contributed by atoms with Crippen LogP contribution in [0.3, 0.4) is 0 Å². The van der Waals surface area contributed by atoms with E-state index >= 15 is 0 Å². The fourth-order valence-electron chi connectivity index (χ4n) is 0.180. The van der Waals surface area contributed by atoms with Crippen molar-refractivity contribution in [2.24, 2.45) is 15.2 Å². The van der Waals surface area contributed by atoms with Crippen LogP contribution in [0.1, 0.15) is 0 Å². The van der Waals surface area contributed by atoms with Gasteiger partial charge in [-0.2, -0.15) is 0 Å². The Morgan fingerprint density at radius 1 is 1.83 bits per heavy atom. The van der Waals surface area contributed by atoms with E-state index in [1.165, 1.54) is 0 Å². The molecule has 0 spiro atoms. The van der Waals surface area contributed by atoms with Gasteiger partial charge in [0.25, 0.3) is 0 Å². The lowest BCUT2D eigenvalue weighted by molar-refractivity contribution is -0.155. The Labute approximate surface area is 35.3 Å². The van der Waals surface area contributed by atoms with E-state index in [2.05, 4.69) is 9.51 Å². The van der Waals surface area contributed by atoms with E-state index in [0.717, 1.165) is 0 Å². The average Bonchev–Trinajstić information content (AvgIpc) is 1.33. The summed E-state index contributed by atoms with van der Waals surface area (Å²) in [6.45, 7) is 0. The lowest BCUT2D eigenvalue weighted by Crippen LogP contribution is -2.12. The molecule has 1 unspecified atom stereocenters. The fourth-order valence-corrected chi connectivity index (χ4v) is 0.540. The van der Waals surface area contributed by atoms with Crippen LogP contribution in [0.5, 0.6) is 0 Å². The second-order valence-electron chi connectivity index (χ2n) is 0.811. The van der Waals surface area contributed by atoms with Crippen LogP contribution in [0.15, 0.2) is 9.51 Å². The first-order chi connectivity index (χ1) is 2.79. The first kappa shape index (κ1) is 3.71. The molecule has 0 amide bonds. The smallest absolute Gasteiger partial charge is 0.331 e. The van der Waals surface area contributed by atoms with Gasteiger partial charge in [-0.1, -0.05) is 0 Å². The number of nitrogens with two attached hydrogens (primary N) is 1. The molecule has 1 aliphatic heterocycles. The molecule has 0 aromatic rings. The van der Waals surface area contributed by atoms with E-state index in [0.29, 0.717) is 0 Å². The summed E-state index contributed by atoms with van der Waals surface area (Å²) in [6.07, 6.45) is 0. The number of nitrogens with zero attached hydrogens (tertiary/aromatic N) is 2. The standard InChI is InChI=1S/CH2N3OP/c2-1-3-6(5)4-1/h(H2,2,3,4). The second-order valence-corrected chi connectivity index (χ2v) is 1.72. The molecule has 1 rings (SSSR count). The minimum Gasteiger partial charge on any atom is -0.588 e. The van der Waals surface area contributed by atoms with E-state index in [1.807, 2.05) is 0 Å². The van der Waals surface area contributed by atoms with Gasteiger partial charge in [-0.3, -0.25) is 0 Å².